The van der Waals surface area contributed by atoms with Crippen molar-refractivity contribution in [3.05, 3.63) is 0 Å². The minimum Gasteiger partial charge on any atom is -0.462 e. The number of rotatable bonds is 49. The molecular formula is C55H106O6. The van der Waals surface area contributed by atoms with E-state index in [1.54, 1.807) is 0 Å². The van der Waals surface area contributed by atoms with Crippen LogP contribution < -0.4 is 0 Å². The highest BCUT2D eigenvalue weighted by atomic mass is 16.6. The van der Waals surface area contributed by atoms with Gasteiger partial charge in [0.1, 0.15) is 13.2 Å². The number of esters is 3. The van der Waals surface area contributed by atoms with Crippen LogP contribution >= 0.6 is 0 Å². The number of carbonyl (C=O) groups is 3. The normalized spacial score (nSPS) is 12.0. The summed E-state index contributed by atoms with van der Waals surface area (Å²) in [6.07, 6.45) is 49.4. The Bertz CT molecular complexity index is 931. The van der Waals surface area contributed by atoms with Crippen molar-refractivity contribution >= 4 is 17.9 Å². The molecule has 1 atom stereocenters. The lowest BCUT2D eigenvalue weighted by molar-refractivity contribution is -0.167. The Kier molecular flexibility index (Phi) is 46.6. The smallest absolute Gasteiger partial charge is 0.306 e. The van der Waals surface area contributed by atoms with Gasteiger partial charge in [-0.05, 0) is 31.1 Å². The molecule has 0 amide bonds. The summed E-state index contributed by atoms with van der Waals surface area (Å²) in [5, 5.41) is 0. The average molecular weight is 863 g/mol. The van der Waals surface area contributed by atoms with E-state index in [9.17, 15) is 14.4 Å². The van der Waals surface area contributed by atoms with Crippen molar-refractivity contribution in [2.45, 2.75) is 310 Å². The molecule has 0 aromatic heterocycles. The SMILES string of the molecule is CCCCCCCCCCCCCCCCCC(=O)O[C@@H](COC(=O)CCCCCCCCCCCCCCC(C)C)COC(=O)CCCCCCCCCCCCC(C)C. The molecule has 0 unspecified atom stereocenters. The zero-order valence-electron chi connectivity index (χ0n) is 41.8. The molecule has 0 saturated heterocycles. The Morgan fingerprint density at radius 2 is 0.541 bits per heavy atom. The fourth-order valence-electron chi connectivity index (χ4n) is 8.34. The van der Waals surface area contributed by atoms with E-state index in [1.165, 1.54) is 193 Å². The summed E-state index contributed by atoms with van der Waals surface area (Å²) in [4.78, 5) is 38.0. The van der Waals surface area contributed by atoms with Gasteiger partial charge in [-0.15, -0.1) is 0 Å². The Hall–Kier alpha value is -1.59. The highest BCUT2D eigenvalue weighted by molar-refractivity contribution is 5.71. The van der Waals surface area contributed by atoms with Crippen molar-refractivity contribution < 1.29 is 28.6 Å². The van der Waals surface area contributed by atoms with E-state index in [4.69, 9.17) is 14.2 Å². The largest absolute Gasteiger partial charge is 0.462 e. The molecule has 6 heteroatoms. The number of ether oxygens (including phenoxy) is 3. The van der Waals surface area contributed by atoms with Gasteiger partial charge in [-0.25, -0.2) is 0 Å². The van der Waals surface area contributed by atoms with Crippen molar-refractivity contribution in [1.82, 2.24) is 0 Å². The van der Waals surface area contributed by atoms with Crippen LogP contribution in [-0.2, 0) is 28.6 Å². The molecule has 0 saturated carbocycles. The van der Waals surface area contributed by atoms with Crippen LogP contribution in [0.4, 0.5) is 0 Å². The van der Waals surface area contributed by atoms with E-state index < -0.39 is 6.10 Å². The summed E-state index contributed by atoms with van der Waals surface area (Å²) >= 11 is 0. The number of hydrogen-bond acceptors (Lipinski definition) is 6. The number of unbranched alkanes of at least 4 members (excludes halogenated alkanes) is 34. The fourth-order valence-corrected chi connectivity index (χ4v) is 8.34. The summed E-state index contributed by atoms with van der Waals surface area (Å²) in [6, 6.07) is 0. The minimum absolute atomic E-state index is 0.0633. The Morgan fingerprint density at radius 3 is 0.803 bits per heavy atom. The van der Waals surface area contributed by atoms with Gasteiger partial charge in [0.2, 0.25) is 0 Å². The zero-order chi connectivity index (χ0) is 44.7. The van der Waals surface area contributed by atoms with E-state index >= 15 is 0 Å². The van der Waals surface area contributed by atoms with Gasteiger partial charge in [0.05, 0.1) is 0 Å². The lowest BCUT2D eigenvalue weighted by Gasteiger charge is -2.18. The summed E-state index contributed by atoms with van der Waals surface area (Å²) in [6.45, 7) is 11.4. The van der Waals surface area contributed by atoms with Crippen molar-refractivity contribution in [3.63, 3.8) is 0 Å². The molecule has 0 heterocycles. The Balaban J connectivity index is 4.31. The van der Waals surface area contributed by atoms with E-state index in [1.807, 2.05) is 0 Å². The van der Waals surface area contributed by atoms with Gasteiger partial charge in [-0.2, -0.15) is 0 Å². The Morgan fingerprint density at radius 1 is 0.311 bits per heavy atom. The van der Waals surface area contributed by atoms with Crippen LogP contribution in [0.3, 0.4) is 0 Å². The van der Waals surface area contributed by atoms with Gasteiger partial charge in [0.15, 0.2) is 6.10 Å². The third kappa shape index (κ3) is 49.3. The van der Waals surface area contributed by atoms with Crippen molar-refractivity contribution in [2.24, 2.45) is 11.8 Å². The second kappa shape index (κ2) is 47.9. The second-order valence-electron chi connectivity index (χ2n) is 19.8. The first-order valence-corrected chi connectivity index (χ1v) is 27.2. The quantitative estimate of drug-likeness (QED) is 0.0344. The van der Waals surface area contributed by atoms with E-state index in [-0.39, 0.29) is 31.1 Å². The summed E-state index contributed by atoms with van der Waals surface area (Å²) < 4.78 is 16.8. The second-order valence-corrected chi connectivity index (χ2v) is 19.8. The first-order valence-electron chi connectivity index (χ1n) is 27.2. The van der Waals surface area contributed by atoms with Crippen LogP contribution in [0.2, 0.25) is 0 Å². The predicted octanol–water partition coefficient (Wildman–Crippen LogP) is 17.7. The number of hydrogen-bond donors (Lipinski definition) is 0. The lowest BCUT2D eigenvalue weighted by Crippen LogP contribution is -2.30. The third-order valence-corrected chi connectivity index (χ3v) is 12.5. The Labute approximate surface area is 380 Å². The monoisotopic (exact) mass is 863 g/mol. The molecule has 0 aliphatic heterocycles. The van der Waals surface area contributed by atoms with Gasteiger partial charge >= 0.3 is 17.9 Å². The standard InChI is InChI=1S/C55H106O6/c1-6-7-8-9-10-11-12-13-14-15-20-27-32-37-42-47-55(58)61-52(49-60-54(57)46-41-36-31-26-22-21-24-29-34-39-44-51(4)5)48-59-53(56)45-40-35-30-25-19-17-16-18-23-28-33-38-43-50(2)3/h50-52H,6-49H2,1-5H3/t52-/m0/s1. The molecule has 0 aliphatic carbocycles. The van der Waals surface area contributed by atoms with Gasteiger partial charge in [0, 0.05) is 19.3 Å². The average Bonchev–Trinajstić information content (AvgIpc) is 3.23. The maximum Gasteiger partial charge on any atom is 0.306 e. The molecule has 61 heavy (non-hydrogen) atoms. The van der Waals surface area contributed by atoms with Crippen molar-refractivity contribution in [2.75, 3.05) is 13.2 Å². The maximum absolute atomic E-state index is 12.8. The molecule has 0 fully saturated rings. The molecule has 362 valence electrons. The van der Waals surface area contributed by atoms with E-state index in [0.29, 0.717) is 19.3 Å². The molecular weight excluding hydrogens is 757 g/mol. The molecule has 0 rings (SSSR count). The molecule has 0 aliphatic rings. The highest BCUT2D eigenvalue weighted by Gasteiger charge is 2.19. The zero-order valence-corrected chi connectivity index (χ0v) is 41.8. The first kappa shape index (κ1) is 59.4. The predicted molar refractivity (Wildman–Crippen MR) is 261 cm³/mol. The lowest BCUT2D eigenvalue weighted by atomic mass is 10.0. The van der Waals surface area contributed by atoms with Crippen LogP contribution in [-0.4, -0.2) is 37.2 Å². The maximum atomic E-state index is 12.8. The third-order valence-electron chi connectivity index (χ3n) is 12.5. The van der Waals surface area contributed by atoms with Crippen LogP contribution in [0.15, 0.2) is 0 Å². The topological polar surface area (TPSA) is 78.9 Å². The molecule has 0 bridgehead atoms. The minimum atomic E-state index is -0.762. The van der Waals surface area contributed by atoms with Crippen molar-refractivity contribution in [1.29, 1.82) is 0 Å². The van der Waals surface area contributed by atoms with Crippen LogP contribution in [0.25, 0.3) is 0 Å². The molecule has 0 radical (unpaired) electrons. The molecule has 0 aromatic carbocycles. The molecule has 0 spiro atoms. The van der Waals surface area contributed by atoms with Gasteiger partial charge in [0.25, 0.3) is 0 Å². The summed E-state index contributed by atoms with van der Waals surface area (Å²) in [7, 11) is 0. The highest BCUT2D eigenvalue weighted by Crippen LogP contribution is 2.18. The van der Waals surface area contributed by atoms with Crippen molar-refractivity contribution in [3.8, 4) is 0 Å². The van der Waals surface area contributed by atoms with Gasteiger partial charge in [-0.3, -0.25) is 14.4 Å². The number of carbonyl (C=O) groups excluding carboxylic acids is 3. The van der Waals surface area contributed by atoms with E-state index in [2.05, 4.69) is 34.6 Å². The van der Waals surface area contributed by atoms with Crippen LogP contribution in [0.1, 0.15) is 304 Å². The van der Waals surface area contributed by atoms with Crippen LogP contribution in [0.5, 0.6) is 0 Å². The van der Waals surface area contributed by atoms with Gasteiger partial charge < -0.3 is 14.2 Å². The van der Waals surface area contributed by atoms with E-state index in [0.717, 1.165) is 69.6 Å². The summed E-state index contributed by atoms with van der Waals surface area (Å²) in [5.41, 5.74) is 0. The molecule has 0 N–H and O–H groups in total. The summed E-state index contributed by atoms with van der Waals surface area (Å²) in [5.74, 6) is 0.808. The first-order chi connectivity index (χ1) is 29.7. The van der Waals surface area contributed by atoms with Gasteiger partial charge in [-0.1, -0.05) is 266 Å². The molecule has 6 nitrogen and oxygen atoms in total. The fraction of sp³-hybridized carbons (Fsp3) is 0.945. The van der Waals surface area contributed by atoms with Crippen LogP contribution in [0, 0.1) is 11.8 Å². The molecule has 0 aromatic rings.